The average molecular weight is 410 g/mol. The van der Waals surface area contributed by atoms with Gasteiger partial charge in [-0.25, -0.2) is 0 Å². The second-order valence-electron chi connectivity index (χ2n) is 6.55. The lowest BCUT2D eigenvalue weighted by Gasteiger charge is -2.24. The molecule has 0 radical (unpaired) electrons. The minimum Gasteiger partial charge on any atom is -0.467 e. The number of furan rings is 1. The molecule has 2 amide bonds. The molecule has 2 atom stereocenters. The van der Waals surface area contributed by atoms with E-state index in [1.807, 2.05) is 17.9 Å². The van der Waals surface area contributed by atoms with Crippen LogP contribution in [0, 0.1) is 0 Å². The number of anilines is 1. The molecule has 3 rings (SSSR count). The van der Waals surface area contributed by atoms with Crippen LogP contribution in [0.1, 0.15) is 31.6 Å². The van der Waals surface area contributed by atoms with Crippen LogP contribution in [0.3, 0.4) is 0 Å². The maximum Gasteiger partial charge on any atom is 0.241 e. The van der Waals surface area contributed by atoms with Crippen molar-refractivity contribution in [2.75, 3.05) is 18.4 Å². The third-order valence-corrected chi connectivity index (χ3v) is 5.11. The predicted octanol–water partition coefficient (Wildman–Crippen LogP) is 3.87. The number of carbonyl (C=O) groups excluding carboxylic acids is 2. The van der Waals surface area contributed by atoms with Gasteiger partial charge in [0.25, 0.3) is 0 Å². The zero-order valence-corrected chi connectivity index (χ0v) is 16.4. The molecule has 0 bridgehead atoms. The van der Waals surface area contributed by atoms with E-state index in [0.717, 1.165) is 6.42 Å². The van der Waals surface area contributed by atoms with Gasteiger partial charge in [-0.15, -0.1) is 0 Å². The smallest absolute Gasteiger partial charge is 0.241 e. The summed E-state index contributed by atoms with van der Waals surface area (Å²) < 4.78 is 5.30. The maximum atomic E-state index is 12.7. The molecule has 0 aliphatic carbocycles. The van der Waals surface area contributed by atoms with E-state index in [1.54, 1.807) is 30.5 Å². The minimum absolute atomic E-state index is 0.145. The first-order valence-corrected chi connectivity index (χ1v) is 9.52. The lowest BCUT2D eigenvalue weighted by Crippen LogP contribution is -2.45. The Morgan fingerprint density at radius 2 is 2.15 bits per heavy atom. The van der Waals surface area contributed by atoms with Crippen LogP contribution in [0.2, 0.25) is 10.0 Å². The summed E-state index contributed by atoms with van der Waals surface area (Å²) >= 11 is 12.1. The number of carbonyl (C=O) groups is 2. The molecule has 2 aromatic rings. The largest absolute Gasteiger partial charge is 0.467 e. The minimum atomic E-state index is -0.385. The van der Waals surface area contributed by atoms with Crippen LogP contribution >= 0.6 is 23.2 Å². The predicted molar refractivity (Wildman–Crippen MR) is 105 cm³/mol. The zero-order chi connectivity index (χ0) is 19.4. The van der Waals surface area contributed by atoms with Crippen molar-refractivity contribution in [2.24, 2.45) is 0 Å². The van der Waals surface area contributed by atoms with Gasteiger partial charge in [-0.05, 0) is 56.6 Å². The molecular weight excluding hydrogens is 389 g/mol. The van der Waals surface area contributed by atoms with Gasteiger partial charge >= 0.3 is 0 Å². The SMILES string of the molecule is CC(NC(=O)CN1CCCC1C(=O)Nc1cc(Cl)ccc1Cl)c1ccco1. The van der Waals surface area contributed by atoms with Gasteiger partial charge in [0.05, 0.1) is 35.6 Å². The maximum absolute atomic E-state index is 12.7. The second kappa shape index (κ2) is 8.78. The first-order valence-electron chi connectivity index (χ1n) is 8.77. The number of halogens is 2. The summed E-state index contributed by atoms with van der Waals surface area (Å²) in [6, 6.07) is 7.88. The molecule has 2 N–H and O–H groups in total. The number of hydrogen-bond acceptors (Lipinski definition) is 4. The second-order valence-corrected chi connectivity index (χ2v) is 7.39. The van der Waals surface area contributed by atoms with Crippen LogP contribution in [0.25, 0.3) is 0 Å². The normalized spacial score (nSPS) is 18.3. The fourth-order valence-corrected chi connectivity index (χ4v) is 3.54. The summed E-state index contributed by atoms with van der Waals surface area (Å²) in [7, 11) is 0. The van der Waals surface area contributed by atoms with Crippen molar-refractivity contribution in [1.82, 2.24) is 10.2 Å². The number of nitrogens with one attached hydrogen (secondary N) is 2. The molecule has 2 unspecified atom stereocenters. The van der Waals surface area contributed by atoms with Crippen molar-refractivity contribution >= 4 is 40.7 Å². The standard InChI is InChI=1S/C19H21Cl2N3O3/c1-12(17-5-3-9-27-17)22-18(25)11-24-8-2-4-16(24)19(26)23-15-10-13(20)6-7-14(15)21/h3,5-7,9-10,12,16H,2,4,8,11H2,1H3,(H,22,25)(H,23,26). The number of amides is 2. The summed E-state index contributed by atoms with van der Waals surface area (Å²) in [6.07, 6.45) is 3.10. The molecule has 1 aliphatic rings. The summed E-state index contributed by atoms with van der Waals surface area (Å²) in [4.78, 5) is 26.9. The highest BCUT2D eigenvalue weighted by molar-refractivity contribution is 6.35. The highest BCUT2D eigenvalue weighted by Gasteiger charge is 2.32. The van der Waals surface area contributed by atoms with E-state index < -0.39 is 0 Å². The Hall–Kier alpha value is -2.02. The van der Waals surface area contributed by atoms with Crippen molar-refractivity contribution in [3.63, 3.8) is 0 Å². The van der Waals surface area contributed by atoms with E-state index in [-0.39, 0.29) is 30.4 Å². The van der Waals surface area contributed by atoms with Crippen LogP contribution in [0.4, 0.5) is 5.69 Å². The Morgan fingerprint density at radius 1 is 1.33 bits per heavy atom. The van der Waals surface area contributed by atoms with Gasteiger partial charge < -0.3 is 15.1 Å². The van der Waals surface area contributed by atoms with Gasteiger partial charge in [-0.2, -0.15) is 0 Å². The van der Waals surface area contributed by atoms with E-state index in [2.05, 4.69) is 10.6 Å². The molecule has 1 fully saturated rings. The van der Waals surface area contributed by atoms with Crippen LogP contribution < -0.4 is 10.6 Å². The zero-order valence-electron chi connectivity index (χ0n) is 14.9. The summed E-state index contributed by atoms with van der Waals surface area (Å²) in [5.41, 5.74) is 0.469. The topological polar surface area (TPSA) is 74.6 Å². The van der Waals surface area contributed by atoms with E-state index in [1.165, 1.54) is 0 Å². The fourth-order valence-electron chi connectivity index (χ4n) is 3.20. The van der Waals surface area contributed by atoms with Crippen molar-refractivity contribution in [3.8, 4) is 0 Å². The highest BCUT2D eigenvalue weighted by Crippen LogP contribution is 2.27. The van der Waals surface area contributed by atoms with Gasteiger partial charge in [0.15, 0.2) is 0 Å². The molecule has 0 spiro atoms. The van der Waals surface area contributed by atoms with Gasteiger partial charge in [-0.1, -0.05) is 23.2 Å². The quantitative estimate of drug-likeness (QED) is 0.759. The molecule has 1 aromatic carbocycles. The molecule has 1 saturated heterocycles. The van der Waals surface area contributed by atoms with E-state index >= 15 is 0 Å². The fraction of sp³-hybridized carbons (Fsp3) is 0.368. The number of rotatable bonds is 6. The summed E-state index contributed by atoms with van der Waals surface area (Å²) in [5.74, 6) is 0.345. The van der Waals surface area contributed by atoms with Crippen LogP contribution in [0.5, 0.6) is 0 Å². The van der Waals surface area contributed by atoms with E-state index in [9.17, 15) is 9.59 Å². The van der Waals surface area contributed by atoms with Crippen molar-refractivity contribution < 1.29 is 14.0 Å². The van der Waals surface area contributed by atoms with Gasteiger partial charge in [0.2, 0.25) is 11.8 Å². The van der Waals surface area contributed by atoms with Crippen LogP contribution in [-0.4, -0.2) is 35.8 Å². The Bertz CT molecular complexity index is 811. The van der Waals surface area contributed by atoms with E-state index in [4.69, 9.17) is 27.6 Å². The Morgan fingerprint density at radius 3 is 2.89 bits per heavy atom. The molecule has 1 aliphatic heterocycles. The van der Waals surface area contributed by atoms with Crippen molar-refractivity contribution in [3.05, 3.63) is 52.4 Å². The number of benzene rings is 1. The first-order chi connectivity index (χ1) is 12.9. The van der Waals surface area contributed by atoms with Crippen LogP contribution in [-0.2, 0) is 9.59 Å². The lowest BCUT2D eigenvalue weighted by atomic mass is 10.2. The molecule has 8 heteroatoms. The molecule has 2 heterocycles. The lowest BCUT2D eigenvalue weighted by molar-refractivity contribution is -0.125. The Kier molecular flexibility index (Phi) is 6.42. The molecule has 144 valence electrons. The molecule has 6 nitrogen and oxygen atoms in total. The number of hydrogen-bond donors (Lipinski definition) is 2. The van der Waals surface area contributed by atoms with Gasteiger partial charge in [0.1, 0.15) is 5.76 Å². The third-order valence-electron chi connectivity index (χ3n) is 4.55. The number of likely N-dealkylation sites (tertiary alicyclic amines) is 1. The number of nitrogens with zero attached hydrogens (tertiary/aromatic N) is 1. The highest BCUT2D eigenvalue weighted by atomic mass is 35.5. The first kappa shape index (κ1) is 19.7. The molecular formula is C19H21Cl2N3O3. The summed E-state index contributed by atoms with van der Waals surface area (Å²) in [5, 5.41) is 6.61. The van der Waals surface area contributed by atoms with Gasteiger partial charge in [-0.3, -0.25) is 14.5 Å². The molecule has 27 heavy (non-hydrogen) atoms. The van der Waals surface area contributed by atoms with Crippen molar-refractivity contribution in [2.45, 2.75) is 31.8 Å². The average Bonchev–Trinajstić information content (AvgIpc) is 3.29. The Balaban J connectivity index is 1.58. The summed E-state index contributed by atoms with van der Waals surface area (Å²) in [6.45, 7) is 2.68. The van der Waals surface area contributed by atoms with Gasteiger partial charge in [0, 0.05) is 5.02 Å². The molecule has 1 aromatic heterocycles. The third kappa shape index (κ3) is 5.03. The monoisotopic (exact) mass is 409 g/mol. The van der Waals surface area contributed by atoms with Crippen molar-refractivity contribution in [1.29, 1.82) is 0 Å². The molecule has 0 saturated carbocycles. The van der Waals surface area contributed by atoms with E-state index in [0.29, 0.717) is 34.5 Å². The Labute approximate surface area is 167 Å². The van der Waals surface area contributed by atoms with Crippen LogP contribution in [0.15, 0.2) is 41.0 Å².